The Bertz CT molecular complexity index is 269. The molecule has 0 atom stereocenters. The summed E-state index contributed by atoms with van der Waals surface area (Å²) in [6.45, 7) is 10.5. The molecule has 0 N–H and O–H groups in total. The molecule has 0 amide bonds. The van der Waals surface area contributed by atoms with Gasteiger partial charge in [0.1, 0.15) is 0 Å². The van der Waals surface area contributed by atoms with E-state index >= 15 is 0 Å². The molecule has 1 aliphatic rings. The third-order valence-electron chi connectivity index (χ3n) is 3.07. The minimum Gasteiger partial charge on any atom is -0.369 e. The highest BCUT2D eigenvalue weighted by Crippen LogP contribution is 2.27. The normalized spacial score (nSPS) is 15.8. The van der Waals surface area contributed by atoms with Crippen molar-refractivity contribution in [2.24, 2.45) is 0 Å². The molecule has 72 valence electrons. The van der Waals surface area contributed by atoms with Crippen molar-refractivity contribution in [1.29, 1.82) is 0 Å². The van der Waals surface area contributed by atoms with E-state index < -0.39 is 0 Å². The Morgan fingerprint density at radius 1 is 1.54 bits per heavy atom. The second-order valence-corrected chi connectivity index (χ2v) is 4.19. The summed E-state index contributed by atoms with van der Waals surface area (Å²) in [7, 11) is 2.13. The van der Waals surface area contributed by atoms with Crippen molar-refractivity contribution in [3.8, 4) is 0 Å². The van der Waals surface area contributed by atoms with E-state index in [0.29, 0.717) is 0 Å². The Hall–Kier alpha value is -0.980. The fourth-order valence-electron chi connectivity index (χ4n) is 1.33. The minimum atomic E-state index is 0.0534. The molecule has 0 heterocycles. The van der Waals surface area contributed by atoms with Crippen LogP contribution < -0.4 is 0 Å². The van der Waals surface area contributed by atoms with Gasteiger partial charge in [0.15, 0.2) is 0 Å². The fourth-order valence-corrected chi connectivity index (χ4v) is 1.33. The van der Waals surface area contributed by atoms with Crippen molar-refractivity contribution in [2.45, 2.75) is 32.7 Å². The van der Waals surface area contributed by atoms with Gasteiger partial charge in [-0.25, -0.2) is 0 Å². The molecule has 0 saturated carbocycles. The Morgan fingerprint density at radius 2 is 2.15 bits per heavy atom. The van der Waals surface area contributed by atoms with E-state index in [1.807, 2.05) is 0 Å². The third-order valence-corrected chi connectivity index (χ3v) is 3.07. The van der Waals surface area contributed by atoms with Crippen LogP contribution in [0.15, 0.2) is 36.1 Å². The van der Waals surface area contributed by atoms with E-state index in [0.717, 1.165) is 6.42 Å². The molecule has 1 aliphatic carbocycles. The molecule has 0 aromatic rings. The lowest BCUT2D eigenvalue weighted by Crippen LogP contribution is -2.40. The molecule has 0 fully saturated rings. The molecule has 13 heavy (non-hydrogen) atoms. The van der Waals surface area contributed by atoms with Crippen LogP contribution in [-0.4, -0.2) is 17.5 Å². The first-order valence-corrected chi connectivity index (χ1v) is 4.72. The zero-order chi connectivity index (χ0) is 10.1. The second-order valence-electron chi connectivity index (χ2n) is 4.19. The number of rotatable bonds is 3. The van der Waals surface area contributed by atoms with Crippen LogP contribution in [-0.2, 0) is 0 Å². The van der Waals surface area contributed by atoms with Crippen LogP contribution in [0.4, 0.5) is 0 Å². The number of hydrogen-bond donors (Lipinski definition) is 0. The lowest BCUT2D eigenvalue weighted by atomic mass is 9.94. The van der Waals surface area contributed by atoms with Crippen molar-refractivity contribution >= 4 is 0 Å². The minimum absolute atomic E-state index is 0.0534. The lowest BCUT2D eigenvalue weighted by Gasteiger charge is -2.39. The van der Waals surface area contributed by atoms with Crippen molar-refractivity contribution in [3.05, 3.63) is 36.1 Å². The van der Waals surface area contributed by atoms with E-state index in [4.69, 9.17) is 0 Å². The average Bonchev–Trinajstić information content (AvgIpc) is 2.54. The highest BCUT2D eigenvalue weighted by atomic mass is 15.2. The first-order chi connectivity index (χ1) is 5.96. The number of likely N-dealkylation sites (N-methyl/N-ethyl adjacent to an activating group) is 1. The standard InChI is InChI=1S/C12H19N/c1-10(2)12(3,4)13(5)11-8-6-7-9-11/h6-8H,1,9H2,2-5H3. The zero-order valence-electron chi connectivity index (χ0n) is 9.09. The van der Waals surface area contributed by atoms with Crippen LogP contribution in [0.3, 0.4) is 0 Å². The summed E-state index contributed by atoms with van der Waals surface area (Å²) < 4.78 is 0. The number of nitrogens with zero attached hydrogens (tertiary/aromatic N) is 1. The van der Waals surface area contributed by atoms with Crippen LogP contribution in [0.1, 0.15) is 27.2 Å². The van der Waals surface area contributed by atoms with Gasteiger partial charge in [-0.15, -0.1) is 0 Å². The van der Waals surface area contributed by atoms with Crippen molar-refractivity contribution in [2.75, 3.05) is 7.05 Å². The Labute approximate surface area is 81.4 Å². The van der Waals surface area contributed by atoms with Gasteiger partial charge in [0, 0.05) is 19.2 Å². The SMILES string of the molecule is C=C(C)C(C)(C)N(C)C1=CC=CC1. The molecular weight excluding hydrogens is 158 g/mol. The largest absolute Gasteiger partial charge is 0.369 e. The van der Waals surface area contributed by atoms with Gasteiger partial charge in [-0.3, -0.25) is 0 Å². The average molecular weight is 177 g/mol. The smallest absolute Gasteiger partial charge is 0.0546 e. The van der Waals surface area contributed by atoms with Gasteiger partial charge in [-0.05, 0) is 26.8 Å². The maximum atomic E-state index is 4.03. The van der Waals surface area contributed by atoms with Crippen LogP contribution in [0.2, 0.25) is 0 Å². The molecule has 0 bridgehead atoms. The fraction of sp³-hybridized carbons (Fsp3) is 0.500. The quantitative estimate of drug-likeness (QED) is 0.599. The lowest BCUT2D eigenvalue weighted by molar-refractivity contribution is 0.244. The second kappa shape index (κ2) is 3.41. The Morgan fingerprint density at radius 3 is 2.54 bits per heavy atom. The van der Waals surface area contributed by atoms with Gasteiger partial charge in [-0.1, -0.05) is 24.3 Å². The molecule has 0 aliphatic heterocycles. The molecule has 1 heteroatoms. The maximum absolute atomic E-state index is 4.03. The molecule has 1 nitrogen and oxygen atoms in total. The summed E-state index contributed by atoms with van der Waals surface area (Å²) in [6, 6.07) is 0. The molecular formula is C12H19N. The highest BCUT2D eigenvalue weighted by molar-refractivity contribution is 5.26. The van der Waals surface area contributed by atoms with E-state index in [-0.39, 0.29) is 5.54 Å². The first kappa shape index (κ1) is 10.1. The summed E-state index contributed by atoms with van der Waals surface area (Å²) in [6.07, 6.45) is 7.51. The predicted molar refractivity (Wildman–Crippen MR) is 58.5 cm³/mol. The summed E-state index contributed by atoms with van der Waals surface area (Å²) in [5, 5.41) is 0. The van der Waals surface area contributed by atoms with Gasteiger partial charge >= 0.3 is 0 Å². The van der Waals surface area contributed by atoms with Crippen LogP contribution in [0.25, 0.3) is 0 Å². The molecule has 1 rings (SSSR count). The molecule has 0 spiro atoms. The first-order valence-electron chi connectivity index (χ1n) is 4.72. The summed E-state index contributed by atoms with van der Waals surface area (Å²) in [5.41, 5.74) is 2.62. The van der Waals surface area contributed by atoms with Gasteiger partial charge in [0.25, 0.3) is 0 Å². The van der Waals surface area contributed by atoms with Crippen LogP contribution in [0.5, 0.6) is 0 Å². The van der Waals surface area contributed by atoms with E-state index in [9.17, 15) is 0 Å². The van der Waals surface area contributed by atoms with Crippen LogP contribution in [0, 0.1) is 0 Å². The van der Waals surface area contributed by atoms with Crippen molar-refractivity contribution < 1.29 is 0 Å². The van der Waals surface area contributed by atoms with Gasteiger partial charge < -0.3 is 4.90 Å². The molecule has 0 radical (unpaired) electrons. The Kier molecular flexibility index (Phi) is 2.65. The molecule has 0 aromatic heterocycles. The Balaban J connectivity index is 2.77. The summed E-state index contributed by atoms with van der Waals surface area (Å²) in [4.78, 5) is 2.30. The van der Waals surface area contributed by atoms with Gasteiger partial charge in [0.2, 0.25) is 0 Å². The van der Waals surface area contributed by atoms with Crippen LogP contribution >= 0.6 is 0 Å². The molecule has 0 unspecified atom stereocenters. The van der Waals surface area contributed by atoms with Crippen molar-refractivity contribution in [1.82, 2.24) is 4.90 Å². The van der Waals surface area contributed by atoms with Gasteiger partial charge in [0.05, 0.1) is 5.54 Å². The van der Waals surface area contributed by atoms with E-state index in [1.165, 1.54) is 11.3 Å². The van der Waals surface area contributed by atoms with Crippen molar-refractivity contribution in [3.63, 3.8) is 0 Å². The predicted octanol–water partition coefficient (Wildman–Crippen LogP) is 3.12. The monoisotopic (exact) mass is 177 g/mol. The molecule has 0 aromatic carbocycles. The van der Waals surface area contributed by atoms with E-state index in [2.05, 4.69) is 57.5 Å². The molecule has 0 saturated heterocycles. The number of allylic oxidation sites excluding steroid dienone is 3. The van der Waals surface area contributed by atoms with E-state index in [1.54, 1.807) is 0 Å². The summed E-state index contributed by atoms with van der Waals surface area (Å²) in [5.74, 6) is 0. The van der Waals surface area contributed by atoms with Gasteiger partial charge in [-0.2, -0.15) is 0 Å². The summed E-state index contributed by atoms with van der Waals surface area (Å²) >= 11 is 0. The maximum Gasteiger partial charge on any atom is 0.0546 e. The zero-order valence-corrected chi connectivity index (χ0v) is 9.09. The topological polar surface area (TPSA) is 3.24 Å². The number of hydrogen-bond acceptors (Lipinski definition) is 1. The third kappa shape index (κ3) is 1.85. The highest BCUT2D eigenvalue weighted by Gasteiger charge is 2.25.